The number of Topliss-reactive ketones (excluding diaryl/α,β-unsaturated/α-hetero) is 1. The molecule has 70 valence electrons. The molecule has 0 saturated heterocycles. The van der Waals surface area contributed by atoms with E-state index in [2.05, 4.69) is 0 Å². The second-order valence-corrected chi connectivity index (χ2v) is 2.57. The van der Waals surface area contributed by atoms with Crippen molar-refractivity contribution in [3.63, 3.8) is 0 Å². The van der Waals surface area contributed by atoms with Gasteiger partial charge in [0.15, 0.2) is 17.4 Å². The van der Waals surface area contributed by atoms with Crippen molar-refractivity contribution < 1.29 is 18.0 Å². The molecule has 0 unspecified atom stereocenters. The molecule has 0 amide bonds. The molecule has 13 heavy (non-hydrogen) atoms. The minimum atomic E-state index is -1.39. The van der Waals surface area contributed by atoms with Crippen molar-refractivity contribution in [3.05, 3.63) is 35.1 Å². The molecule has 0 aliphatic rings. The summed E-state index contributed by atoms with van der Waals surface area (Å²) < 4.78 is 37.8. The number of halogens is 4. The minimum Gasteiger partial charge on any atom is -0.293 e. The van der Waals surface area contributed by atoms with E-state index >= 15 is 0 Å². The normalized spacial score (nSPS) is 10.2. The van der Waals surface area contributed by atoms with Gasteiger partial charge in [0.25, 0.3) is 0 Å². The van der Waals surface area contributed by atoms with E-state index < -0.39 is 34.7 Å². The van der Waals surface area contributed by atoms with Crippen molar-refractivity contribution in [2.45, 2.75) is 0 Å². The molecule has 0 heterocycles. The molecule has 0 N–H and O–H groups in total. The van der Waals surface area contributed by atoms with Gasteiger partial charge in [-0.15, -0.1) is 11.6 Å². The Labute approximate surface area is 77.1 Å². The zero-order valence-corrected chi connectivity index (χ0v) is 7.04. The van der Waals surface area contributed by atoms with Crippen molar-refractivity contribution >= 4 is 17.4 Å². The molecule has 0 aliphatic heterocycles. The zero-order valence-electron chi connectivity index (χ0n) is 6.28. The van der Waals surface area contributed by atoms with Crippen molar-refractivity contribution in [2.75, 3.05) is 5.88 Å². The van der Waals surface area contributed by atoms with E-state index in [0.717, 1.165) is 0 Å². The van der Waals surface area contributed by atoms with Crippen LogP contribution in [0.3, 0.4) is 0 Å². The minimum absolute atomic E-state index is 0.361. The van der Waals surface area contributed by atoms with Crippen LogP contribution in [0.5, 0.6) is 0 Å². The van der Waals surface area contributed by atoms with Gasteiger partial charge in [-0.05, 0) is 6.07 Å². The number of benzene rings is 1. The summed E-state index contributed by atoms with van der Waals surface area (Å²) in [5, 5.41) is 0. The van der Waals surface area contributed by atoms with Crippen LogP contribution < -0.4 is 0 Å². The van der Waals surface area contributed by atoms with Gasteiger partial charge in [0.2, 0.25) is 0 Å². The molecule has 0 aliphatic carbocycles. The third-order valence-corrected chi connectivity index (χ3v) is 1.66. The fourth-order valence-corrected chi connectivity index (χ4v) is 0.975. The highest BCUT2D eigenvalue weighted by atomic mass is 35.5. The van der Waals surface area contributed by atoms with Crippen molar-refractivity contribution in [3.8, 4) is 0 Å². The van der Waals surface area contributed by atoms with E-state index in [1.54, 1.807) is 0 Å². The van der Waals surface area contributed by atoms with Crippen LogP contribution in [-0.2, 0) is 0 Å². The molecular weight excluding hydrogens is 205 g/mol. The predicted octanol–water partition coefficient (Wildman–Crippen LogP) is 2.53. The van der Waals surface area contributed by atoms with Crippen molar-refractivity contribution in [1.82, 2.24) is 0 Å². The largest absolute Gasteiger partial charge is 0.293 e. The number of carbonyl (C=O) groups excluding carboxylic acids is 1. The van der Waals surface area contributed by atoms with Gasteiger partial charge in [-0.2, -0.15) is 0 Å². The van der Waals surface area contributed by atoms with E-state index in [1.807, 2.05) is 0 Å². The molecule has 0 atom stereocenters. The standard InChI is InChI=1S/C8H4ClF3O/c9-3-7(13)5-1-4(10)2-6(11)8(5)12/h1-2H,3H2. The third-order valence-electron chi connectivity index (χ3n) is 1.41. The van der Waals surface area contributed by atoms with Crippen LogP contribution >= 0.6 is 11.6 Å². The fraction of sp³-hybridized carbons (Fsp3) is 0.125. The molecule has 5 heteroatoms. The lowest BCUT2D eigenvalue weighted by Crippen LogP contribution is -2.06. The van der Waals surface area contributed by atoms with Crippen LogP contribution in [0.1, 0.15) is 10.4 Å². The van der Waals surface area contributed by atoms with E-state index in [4.69, 9.17) is 11.6 Å². The van der Waals surface area contributed by atoms with Crippen LogP contribution in [0.25, 0.3) is 0 Å². The summed E-state index contributed by atoms with van der Waals surface area (Å²) in [5.74, 6) is -5.13. The highest BCUT2D eigenvalue weighted by molar-refractivity contribution is 6.30. The Hall–Kier alpha value is -1.03. The Bertz CT molecular complexity index is 351. The molecule has 1 rings (SSSR count). The van der Waals surface area contributed by atoms with E-state index in [1.165, 1.54) is 0 Å². The first kappa shape index (κ1) is 10.1. The number of ketones is 1. The second kappa shape index (κ2) is 3.79. The molecule has 0 aromatic heterocycles. The summed E-state index contributed by atoms with van der Waals surface area (Å²) in [6, 6.07) is 0.976. The maximum atomic E-state index is 12.8. The van der Waals surface area contributed by atoms with Crippen LogP contribution in [0, 0.1) is 17.5 Å². The third kappa shape index (κ3) is 2.01. The first-order chi connectivity index (χ1) is 6.06. The van der Waals surface area contributed by atoms with Crippen LogP contribution in [-0.4, -0.2) is 11.7 Å². The number of alkyl halides is 1. The predicted molar refractivity (Wildman–Crippen MR) is 41.4 cm³/mol. The van der Waals surface area contributed by atoms with E-state index in [-0.39, 0.29) is 0 Å². The van der Waals surface area contributed by atoms with Gasteiger partial charge >= 0.3 is 0 Å². The van der Waals surface area contributed by atoms with Gasteiger partial charge in [0, 0.05) is 6.07 Å². The van der Waals surface area contributed by atoms with Gasteiger partial charge in [0.05, 0.1) is 11.4 Å². The lowest BCUT2D eigenvalue weighted by molar-refractivity contribution is 0.101. The van der Waals surface area contributed by atoms with Gasteiger partial charge in [-0.1, -0.05) is 0 Å². The Morgan fingerprint density at radius 1 is 1.31 bits per heavy atom. The molecule has 0 saturated carbocycles. The van der Waals surface area contributed by atoms with Crippen LogP contribution in [0.4, 0.5) is 13.2 Å². The lowest BCUT2D eigenvalue weighted by atomic mass is 10.1. The topological polar surface area (TPSA) is 17.1 Å². The molecule has 0 spiro atoms. The van der Waals surface area contributed by atoms with E-state index in [0.29, 0.717) is 12.1 Å². The number of hydrogen-bond donors (Lipinski definition) is 0. The maximum absolute atomic E-state index is 12.8. The van der Waals surface area contributed by atoms with Gasteiger partial charge in [-0.25, -0.2) is 13.2 Å². The summed E-state index contributed by atoms with van der Waals surface area (Å²) in [6.07, 6.45) is 0. The first-order valence-electron chi connectivity index (χ1n) is 3.30. The Kier molecular flexibility index (Phi) is 2.93. The summed E-state index contributed by atoms with van der Waals surface area (Å²) in [7, 11) is 0. The average molecular weight is 209 g/mol. The lowest BCUT2D eigenvalue weighted by Gasteiger charge is -2.00. The Morgan fingerprint density at radius 2 is 1.92 bits per heavy atom. The summed E-state index contributed by atoms with van der Waals surface area (Å²) in [6.45, 7) is 0. The van der Waals surface area contributed by atoms with E-state index in [9.17, 15) is 18.0 Å². The number of hydrogen-bond acceptors (Lipinski definition) is 1. The summed E-state index contributed by atoms with van der Waals surface area (Å²) >= 11 is 5.10. The van der Waals surface area contributed by atoms with Gasteiger partial charge in [-0.3, -0.25) is 4.79 Å². The zero-order chi connectivity index (χ0) is 10.0. The fourth-order valence-electron chi connectivity index (χ4n) is 0.831. The maximum Gasteiger partial charge on any atom is 0.180 e. The quantitative estimate of drug-likeness (QED) is 0.415. The summed E-state index contributed by atoms with van der Waals surface area (Å²) in [5.41, 5.74) is -0.660. The highest BCUT2D eigenvalue weighted by Crippen LogP contribution is 2.15. The highest BCUT2D eigenvalue weighted by Gasteiger charge is 2.16. The molecular formula is C8H4ClF3O. The molecule has 0 bridgehead atoms. The van der Waals surface area contributed by atoms with Crippen molar-refractivity contribution in [1.29, 1.82) is 0 Å². The smallest absolute Gasteiger partial charge is 0.180 e. The first-order valence-corrected chi connectivity index (χ1v) is 3.83. The number of rotatable bonds is 2. The average Bonchev–Trinajstić information content (AvgIpc) is 2.10. The van der Waals surface area contributed by atoms with Gasteiger partial charge in [0.1, 0.15) is 5.82 Å². The Morgan fingerprint density at radius 3 is 2.46 bits per heavy atom. The second-order valence-electron chi connectivity index (χ2n) is 2.31. The molecule has 1 nitrogen and oxygen atoms in total. The monoisotopic (exact) mass is 208 g/mol. The summed E-state index contributed by atoms with van der Waals surface area (Å²) in [4.78, 5) is 10.8. The number of carbonyl (C=O) groups is 1. The molecule has 1 aromatic rings. The molecule has 0 fully saturated rings. The Balaban J connectivity index is 3.28. The SMILES string of the molecule is O=C(CCl)c1cc(F)cc(F)c1F. The molecule has 0 radical (unpaired) electrons. The van der Waals surface area contributed by atoms with Crippen LogP contribution in [0.15, 0.2) is 12.1 Å². The molecule has 1 aromatic carbocycles. The van der Waals surface area contributed by atoms with Crippen molar-refractivity contribution in [2.24, 2.45) is 0 Å². The van der Waals surface area contributed by atoms with Gasteiger partial charge < -0.3 is 0 Å². The van der Waals surface area contributed by atoms with Crippen LogP contribution in [0.2, 0.25) is 0 Å².